The molecule has 1 saturated heterocycles. The van der Waals surface area contributed by atoms with E-state index in [9.17, 15) is 0 Å². The van der Waals surface area contributed by atoms with Gasteiger partial charge in [0.2, 0.25) is 0 Å². The van der Waals surface area contributed by atoms with E-state index in [4.69, 9.17) is 24.1 Å². The average molecular weight is 246 g/mol. The Labute approximate surface area is 102 Å². The number of aliphatic hydroxyl groups excluding tert-OH is 1. The van der Waals surface area contributed by atoms with Gasteiger partial charge in [-0.25, -0.2) is 0 Å². The van der Waals surface area contributed by atoms with E-state index < -0.39 is 5.79 Å². The quantitative estimate of drug-likeness (QED) is 0.530. The molecule has 0 aliphatic carbocycles. The molecule has 0 bridgehead atoms. The predicted octanol–water partition coefficient (Wildman–Crippen LogP) is 0.718. The van der Waals surface area contributed by atoms with Crippen molar-refractivity contribution < 1.29 is 24.1 Å². The van der Waals surface area contributed by atoms with Gasteiger partial charge in [0.25, 0.3) is 0 Å². The van der Waals surface area contributed by atoms with Gasteiger partial charge in [0.1, 0.15) is 12.2 Å². The van der Waals surface area contributed by atoms with E-state index in [0.717, 1.165) is 0 Å². The summed E-state index contributed by atoms with van der Waals surface area (Å²) in [6.45, 7) is 8.89. The molecule has 1 atom stereocenters. The van der Waals surface area contributed by atoms with Crippen molar-refractivity contribution in [2.24, 2.45) is 0 Å². The van der Waals surface area contributed by atoms with E-state index in [-0.39, 0.29) is 18.8 Å². The Morgan fingerprint density at radius 2 is 2.12 bits per heavy atom. The molecule has 0 aromatic heterocycles. The molecule has 0 aromatic rings. The maximum atomic E-state index is 9.15. The molecule has 1 aliphatic heterocycles. The molecule has 1 heterocycles. The topological polar surface area (TPSA) is 57.2 Å². The zero-order valence-electron chi connectivity index (χ0n) is 10.6. The Morgan fingerprint density at radius 3 is 2.65 bits per heavy atom. The number of rotatable bonds is 7. The molecule has 1 N–H and O–H groups in total. The van der Waals surface area contributed by atoms with Gasteiger partial charge in [0, 0.05) is 0 Å². The zero-order valence-corrected chi connectivity index (χ0v) is 10.6. The SMILES string of the molecule is C=CCOCC(CO)OC1COC(C)(C)OC1. The van der Waals surface area contributed by atoms with Crippen LogP contribution in [-0.4, -0.2) is 56.1 Å². The summed E-state index contributed by atoms with van der Waals surface area (Å²) in [7, 11) is 0. The summed E-state index contributed by atoms with van der Waals surface area (Å²) < 4.78 is 21.8. The molecule has 0 radical (unpaired) electrons. The molecule has 1 rings (SSSR count). The maximum absolute atomic E-state index is 9.15. The molecule has 0 spiro atoms. The summed E-state index contributed by atoms with van der Waals surface area (Å²) in [5.74, 6) is -0.548. The van der Waals surface area contributed by atoms with Crippen molar-refractivity contribution in [1.82, 2.24) is 0 Å². The lowest BCUT2D eigenvalue weighted by Gasteiger charge is -2.36. The number of hydrogen-bond donors (Lipinski definition) is 1. The van der Waals surface area contributed by atoms with Crippen LogP contribution in [0.2, 0.25) is 0 Å². The normalized spacial score (nSPS) is 22.3. The van der Waals surface area contributed by atoms with E-state index in [1.54, 1.807) is 6.08 Å². The Hall–Kier alpha value is -0.460. The van der Waals surface area contributed by atoms with Crippen molar-refractivity contribution in [1.29, 1.82) is 0 Å². The third-order valence-corrected chi connectivity index (χ3v) is 2.36. The van der Waals surface area contributed by atoms with E-state index in [0.29, 0.717) is 26.4 Å². The van der Waals surface area contributed by atoms with Gasteiger partial charge < -0.3 is 24.1 Å². The Bertz CT molecular complexity index is 219. The van der Waals surface area contributed by atoms with Gasteiger partial charge >= 0.3 is 0 Å². The third kappa shape index (κ3) is 5.61. The van der Waals surface area contributed by atoms with Gasteiger partial charge in [-0.3, -0.25) is 0 Å². The van der Waals surface area contributed by atoms with Crippen molar-refractivity contribution in [3.05, 3.63) is 12.7 Å². The van der Waals surface area contributed by atoms with Crippen LogP contribution in [0.25, 0.3) is 0 Å². The van der Waals surface area contributed by atoms with Crippen LogP contribution in [0.15, 0.2) is 12.7 Å². The largest absolute Gasteiger partial charge is 0.394 e. The van der Waals surface area contributed by atoms with Crippen LogP contribution in [0.3, 0.4) is 0 Å². The van der Waals surface area contributed by atoms with Gasteiger partial charge in [-0.05, 0) is 13.8 Å². The Kier molecular flexibility index (Phi) is 6.08. The molecule has 17 heavy (non-hydrogen) atoms. The van der Waals surface area contributed by atoms with E-state index in [1.807, 2.05) is 13.8 Å². The third-order valence-electron chi connectivity index (χ3n) is 2.36. The van der Waals surface area contributed by atoms with Crippen LogP contribution >= 0.6 is 0 Å². The highest BCUT2D eigenvalue weighted by molar-refractivity contribution is 4.70. The first kappa shape index (κ1) is 14.6. The van der Waals surface area contributed by atoms with Gasteiger partial charge in [-0.15, -0.1) is 6.58 Å². The van der Waals surface area contributed by atoms with Gasteiger partial charge in [0.05, 0.1) is 33.0 Å². The first-order valence-electron chi connectivity index (χ1n) is 5.80. The minimum Gasteiger partial charge on any atom is -0.394 e. The van der Waals surface area contributed by atoms with Crippen LogP contribution < -0.4 is 0 Å². The molecule has 1 fully saturated rings. The highest BCUT2D eigenvalue weighted by Crippen LogP contribution is 2.19. The summed E-state index contributed by atoms with van der Waals surface area (Å²) >= 11 is 0. The molecule has 5 nitrogen and oxygen atoms in total. The minimum absolute atomic E-state index is 0.0863. The van der Waals surface area contributed by atoms with Crippen LogP contribution in [-0.2, 0) is 18.9 Å². The van der Waals surface area contributed by atoms with Crippen LogP contribution in [0.5, 0.6) is 0 Å². The first-order chi connectivity index (χ1) is 8.07. The number of hydrogen-bond acceptors (Lipinski definition) is 5. The monoisotopic (exact) mass is 246 g/mol. The molecule has 0 amide bonds. The smallest absolute Gasteiger partial charge is 0.163 e. The second-order valence-electron chi connectivity index (χ2n) is 4.41. The van der Waals surface area contributed by atoms with E-state index >= 15 is 0 Å². The second-order valence-corrected chi connectivity index (χ2v) is 4.41. The summed E-state index contributed by atoms with van der Waals surface area (Å²) in [5, 5.41) is 9.15. The lowest BCUT2D eigenvalue weighted by Crippen LogP contribution is -2.45. The predicted molar refractivity (Wildman–Crippen MR) is 62.7 cm³/mol. The van der Waals surface area contributed by atoms with Gasteiger partial charge in [-0.1, -0.05) is 6.08 Å². The highest BCUT2D eigenvalue weighted by atomic mass is 16.7. The molecule has 5 heteroatoms. The standard InChI is InChI=1S/C12H22O5/c1-4-5-14-7-10(6-13)17-11-8-15-12(2,3)16-9-11/h4,10-11,13H,1,5-9H2,2-3H3. The Balaban J connectivity index is 2.24. The maximum Gasteiger partial charge on any atom is 0.163 e. The first-order valence-corrected chi connectivity index (χ1v) is 5.80. The van der Waals surface area contributed by atoms with Crippen molar-refractivity contribution in [3.8, 4) is 0 Å². The fraction of sp³-hybridized carbons (Fsp3) is 0.833. The van der Waals surface area contributed by atoms with Crippen LogP contribution in [0, 0.1) is 0 Å². The molecule has 100 valence electrons. The summed E-state index contributed by atoms with van der Waals surface area (Å²) in [6, 6.07) is 0. The number of aliphatic hydroxyl groups is 1. The van der Waals surface area contributed by atoms with Crippen LogP contribution in [0.4, 0.5) is 0 Å². The second kappa shape index (κ2) is 7.08. The summed E-state index contributed by atoms with van der Waals surface area (Å²) in [4.78, 5) is 0. The molecule has 0 saturated carbocycles. The molecule has 0 aromatic carbocycles. The lowest BCUT2D eigenvalue weighted by molar-refractivity contribution is -0.286. The van der Waals surface area contributed by atoms with Gasteiger partial charge in [0.15, 0.2) is 5.79 Å². The highest BCUT2D eigenvalue weighted by Gasteiger charge is 2.30. The average Bonchev–Trinajstić information content (AvgIpc) is 2.30. The summed E-state index contributed by atoms with van der Waals surface area (Å²) in [5.41, 5.74) is 0. The van der Waals surface area contributed by atoms with Crippen molar-refractivity contribution in [2.75, 3.05) is 33.0 Å². The number of ether oxygens (including phenoxy) is 4. The van der Waals surface area contributed by atoms with Crippen molar-refractivity contribution >= 4 is 0 Å². The van der Waals surface area contributed by atoms with E-state index in [1.165, 1.54) is 0 Å². The minimum atomic E-state index is -0.548. The molecular weight excluding hydrogens is 224 g/mol. The van der Waals surface area contributed by atoms with Crippen molar-refractivity contribution in [3.63, 3.8) is 0 Å². The fourth-order valence-corrected chi connectivity index (χ4v) is 1.45. The summed E-state index contributed by atoms with van der Waals surface area (Å²) in [6.07, 6.45) is 1.14. The molecular formula is C12H22O5. The fourth-order valence-electron chi connectivity index (χ4n) is 1.45. The van der Waals surface area contributed by atoms with Gasteiger partial charge in [-0.2, -0.15) is 0 Å². The van der Waals surface area contributed by atoms with Crippen LogP contribution in [0.1, 0.15) is 13.8 Å². The van der Waals surface area contributed by atoms with Crippen molar-refractivity contribution in [2.45, 2.75) is 31.8 Å². The molecule has 1 aliphatic rings. The zero-order chi connectivity index (χ0) is 12.7. The Morgan fingerprint density at radius 1 is 1.47 bits per heavy atom. The molecule has 1 unspecified atom stereocenters. The lowest BCUT2D eigenvalue weighted by atomic mass is 10.3. The van der Waals surface area contributed by atoms with E-state index in [2.05, 4.69) is 6.58 Å².